The van der Waals surface area contributed by atoms with E-state index in [-0.39, 0.29) is 5.91 Å². The lowest BCUT2D eigenvalue weighted by Crippen LogP contribution is -2.40. The maximum Gasteiger partial charge on any atom is 0.257 e. The fraction of sp³-hybridized carbons (Fsp3) is 0.588. The van der Waals surface area contributed by atoms with E-state index < -0.39 is 0 Å². The molecule has 2 fully saturated rings. The second-order valence-corrected chi connectivity index (χ2v) is 6.08. The molecule has 0 aromatic heterocycles. The van der Waals surface area contributed by atoms with E-state index in [0.717, 1.165) is 32.5 Å². The molecular formula is C17H24N2O2. The van der Waals surface area contributed by atoms with Crippen LogP contribution in [-0.2, 0) is 0 Å². The Labute approximate surface area is 126 Å². The van der Waals surface area contributed by atoms with Crippen LogP contribution in [0.2, 0.25) is 0 Å². The maximum absolute atomic E-state index is 12.9. The number of carbonyl (C=O) groups is 1. The van der Waals surface area contributed by atoms with Crippen LogP contribution in [0, 0.1) is 5.92 Å². The molecule has 1 aliphatic heterocycles. The number of piperidine rings is 1. The Morgan fingerprint density at radius 2 is 1.95 bits per heavy atom. The minimum absolute atomic E-state index is 0.133. The lowest BCUT2D eigenvalue weighted by molar-refractivity contribution is 0.0698. The fourth-order valence-corrected chi connectivity index (χ4v) is 3.10. The average molecular weight is 288 g/mol. The minimum Gasteiger partial charge on any atom is -0.496 e. The van der Waals surface area contributed by atoms with Gasteiger partial charge in [0.1, 0.15) is 5.75 Å². The molecule has 1 saturated carbocycles. The first kappa shape index (κ1) is 14.4. The van der Waals surface area contributed by atoms with E-state index >= 15 is 0 Å². The summed E-state index contributed by atoms with van der Waals surface area (Å²) in [5.41, 5.74) is 0.695. The smallest absolute Gasteiger partial charge is 0.257 e. The van der Waals surface area contributed by atoms with Crippen LogP contribution in [0.5, 0.6) is 5.75 Å². The molecule has 3 rings (SSSR count). The third kappa shape index (κ3) is 3.38. The van der Waals surface area contributed by atoms with Crippen LogP contribution in [0.4, 0.5) is 0 Å². The number of para-hydroxylation sites is 1. The number of carbonyl (C=O) groups excluding carboxylic acids is 1. The van der Waals surface area contributed by atoms with Gasteiger partial charge >= 0.3 is 0 Å². The maximum atomic E-state index is 12.9. The third-order valence-corrected chi connectivity index (χ3v) is 4.50. The number of ether oxygens (including phenoxy) is 1. The second kappa shape index (κ2) is 6.48. The third-order valence-electron chi connectivity index (χ3n) is 4.50. The Hall–Kier alpha value is -1.55. The number of rotatable bonds is 5. The zero-order valence-corrected chi connectivity index (χ0v) is 12.7. The first-order chi connectivity index (χ1) is 10.3. The zero-order valence-electron chi connectivity index (χ0n) is 12.7. The van der Waals surface area contributed by atoms with E-state index in [1.165, 1.54) is 12.8 Å². The predicted molar refractivity (Wildman–Crippen MR) is 82.6 cm³/mol. The summed E-state index contributed by atoms with van der Waals surface area (Å²) in [5.74, 6) is 1.44. The number of hydrogen-bond donors (Lipinski definition) is 1. The summed E-state index contributed by atoms with van der Waals surface area (Å²) in [6.07, 6.45) is 4.63. The summed E-state index contributed by atoms with van der Waals surface area (Å²) in [6, 6.07) is 7.99. The Bertz CT molecular complexity index is 493. The van der Waals surface area contributed by atoms with Crippen LogP contribution >= 0.6 is 0 Å². The summed E-state index contributed by atoms with van der Waals surface area (Å²) in [4.78, 5) is 15.0. The van der Waals surface area contributed by atoms with Crippen LogP contribution in [0.15, 0.2) is 24.3 Å². The molecule has 2 aliphatic rings. The quantitative estimate of drug-likeness (QED) is 0.904. The van der Waals surface area contributed by atoms with Crippen molar-refractivity contribution in [2.45, 2.75) is 31.7 Å². The number of methoxy groups -OCH3 is 1. The van der Waals surface area contributed by atoms with Gasteiger partial charge in [-0.3, -0.25) is 4.79 Å². The summed E-state index contributed by atoms with van der Waals surface area (Å²) in [5, 5.41) is 3.39. The Morgan fingerprint density at radius 1 is 1.24 bits per heavy atom. The largest absolute Gasteiger partial charge is 0.496 e. The van der Waals surface area contributed by atoms with Crippen molar-refractivity contribution in [3.8, 4) is 5.75 Å². The first-order valence-electron chi connectivity index (χ1n) is 7.94. The molecule has 1 amide bonds. The van der Waals surface area contributed by atoms with Crippen LogP contribution in [0.3, 0.4) is 0 Å². The van der Waals surface area contributed by atoms with Gasteiger partial charge in [0.2, 0.25) is 0 Å². The first-order valence-corrected chi connectivity index (χ1v) is 7.94. The van der Waals surface area contributed by atoms with Gasteiger partial charge in [-0.15, -0.1) is 0 Å². The molecule has 1 heterocycles. The summed E-state index contributed by atoms with van der Waals surface area (Å²) < 4.78 is 5.35. The fourth-order valence-electron chi connectivity index (χ4n) is 3.10. The van der Waals surface area contributed by atoms with Crippen LogP contribution in [0.1, 0.15) is 36.0 Å². The second-order valence-electron chi connectivity index (χ2n) is 6.08. The molecule has 4 nitrogen and oxygen atoms in total. The number of amides is 1. The highest BCUT2D eigenvalue weighted by Gasteiger charge is 2.35. The van der Waals surface area contributed by atoms with Crippen LogP contribution in [-0.4, -0.2) is 43.6 Å². The van der Waals surface area contributed by atoms with Crippen molar-refractivity contribution in [3.05, 3.63) is 29.8 Å². The Morgan fingerprint density at radius 3 is 2.62 bits per heavy atom. The van der Waals surface area contributed by atoms with Gasteiger partial charge < -0.3 is 15.0 Å². The summed E-state index contributed by atoms with van der Waals surface area (Å²) in [7, 11) is 1.63. The monoisotopic (exact) mass is 288 g/mol. The van der Waals surface area contributed by atoms with Crippen molar-refractivity contribution in [1.82, 2.24) is 10.2 Å². The number of hydrogen-bond acceptors (Lipinski definition) is 3. The van der Waals surface area contributed by atoms with E-state index in [9.17, 15) is 4.79 Å². The number of benzene rings is 1. The Balaban J connectivity index is 1.75. The van der Waals surface area contributed by atoms with Gasteiger partial charge in [0.15, 0.2) is 0 Å². The zero-order chi connectivity index (χ0) is 14.7. The molecule has 1 aliphatic carbocycles. The molecule has 4 heteroatoms. The highest BCUT2D eigenvalue weighted by atomic mass is 16.5. The standard InChI is InChI=1S/C17H24N2O2/c1-21-16-5-3-2-4-15(16)17(20)19(14-6-7-14)12-13-8-10-18-11-9-13/h2-5,13-14,18H,6-12H2,1H3. The highest BCUT2D eigenvalue weighted by Crippen LogP contribution is 2.32. The molecule has 0 radical (unpaired) electrons. The van der Waals surface area contributed by atoms with E-state index in [2.05, 4.69) is 10.2 Å². The van der Waals surface area contributed by atoms with Crippen molar-refractivity contribution in [2.24, 2.45) is 5.92 Å². The van der Waals surface area contributed by atoms with E-state index in [4.69, 9.17) is 4.74 Å². The lowest BCUT2D eigenvalue weighted by Gasteiger charge is -2.30. The molecule has 1 N–H and O–H groups in total. The molecule has 1 aromatic rings. The van der Waals surface area contributed by atoms with Gasteiger partial charge in [-0.05, 0) is 56.8 Å². The minimum atomic E-state index is 0.133. The lowest BCUT2D eigenvalue weighted by atomic mass is 9.97. The molecule has 0 unspecified atom stereocenters. The molecular weight excluding hydrogens is 264 g/mol. The van der Waals surface area contributed by atoms with Gasteiger partial charge in [0.25, 0.3) is 5.91 Å². The molecule has 1 saturated heterocycles. The van der Waals surface area contributed by atoms with E-state index in [0.29, 0.717) is 23.3 Å². The molecule has 1 aromatic carbocycles. The van der Waals surface area contributed by atoms with Crippen LogP contribution in [0.25, 0.3) is 0 Å². The van der Waals surface area contributed by atoms with Gasteiger partial charge in [-0.1, -0.05) is 12.1 Å². The van der Waals surface area contributed by atoms with Crippen LogP contribution < -0.4 is 10.1 Å². The van der Waals surface area contributed by atoms with Crippen molar-refractivity contribution in [1.29, 1.82) is 0 Å². The normalized spacial score (nSPS) is 19.3. The predicted octanol–water partition coefficient (Wildman–Crippen LogP) is 2.30. The van der Waals surface area contributed by atoms with Gasteiger partial charge in [-0.2, -0.15) is 0 Å². The van der Waals surface area contributed by atoms with E-state index in [1.807, 2.05) is 24.3 Å². The molecule has 114 valence electrons. The molecule has 0 spiro atoms. The average Bonchev–Trinajstić information content (AvgIpc) is 3.37. The van der Waals surface area contributed by atoms with Crippen molar-refractivity contribution < 1.29 is 9.53 Å². The topological polar surface area (TPSA) is 41.6 Å². The molecule has 0 bridgehead atoms. The highest BCUT2D eigenvalue weighted by molar-refractivity contribution is 5.97. The van der Waals surface area contributed by atoms with Gasteiger partial charge in [-0.25, -0.2) is 0 Å². The molecule has 0 atom stereocenters. The van der Waals surface area contributed by atoms with E-state index in [1.54, 1.807) is 7.11 Å². The Kier molecular flexibility index (Phi) is 4.44. The summed E-state index contributed by atoms with van der Waals surface area (Å²) >= 11 is 0. The van der Waals surface area contributed by atoms with Gasteiger partial charge in [0, 0.05) is 12.6 Å². The van der Waals surface area contributed by atoms with Crippen molar-refractivity contribution in [2.75, 3.05) is 26.7 Å². The number of nitrogens with one attached hydrogen (secondary N) is 1. The van der Waals surface area contributed by atoms with Crippen molar-refractivity contribution in [3.63, 3.8) is 0 Å². The number of nitrogens with zero attached hydrogens (tertiary/aromatic N) is 1. The molecule has 21 heavy (non-hydrogen) atoms. The summed E-state index contributed by atoms with van der Waals surface area (Å²) in [6.45, 7) is 3.04. The van der Waals surface area contributed by atoms with Crippen molar-refractivity contribution >= 4 is 5.91 Å². The van der Waals surface area contributed by atoms with Gasteiger partial charge in [0.05, 0.1) is 12.7 Å². The SMILES string of the molecule is COc1ccccc1C(=O)N(CC1CCNCC1)C1CC1.